The van der Waals surface area contributed by atoms with Crippen LogP contribution in [0.25, 0.3) is 0 Å². The second-order valence-electron chi connectivity index (χ2n) is 5.39. The Balaban J connectivity index is 2.31. The van der Waals surface area contributed by atoms with Crippen LogP contribution in [0.2, 0.25) is 0 Å². The second-order valence-corrected chi connectivity index (χ2v) is 5.39. The van der Waals surface area contributed by atoms with Crippen LogP contribution in [-0.4, -0.2) is 16.1 Å². The molecular formula is C12H23N3. The number of hydrogen-bond acceptors (Lipinski definition) is 2. The van der Waals surface area contributed by atoms with E-state index in [1.807, 2.05) is 19.6 Å². The lowest BCUT2D eigenvalue weighted by molar-refractivity contribution is 0.252. The molecule has 3 heteroatoms. The minimum absolute atomic E-state index is 0.374. The first-order chi connectivity index (χ1) is 6.91. The molecule has 0 saturated heterocycles. The fourth-order valence-corrected chi connectivity index (χ4v) is 1.28. The van der Waals surface area contributed by atoms with Gasteiger partial charge in [0.15, 0.2) is 0 Å². The SMILES string of the molecule is CC(CNCc1cncn1C)C(C)(C)C. The van der Waals surface area contributed by atoms with E-state index in [0.29, 0.717) is 11.3 Å². The first kappa shape index (κ1) is 12.2. The third-order valence-corrected chi connectivity index (χ3v) is 3.15. The molecule has 0 aliphatic heterocycles. The zero-order valence-corrected chi connectivity index (χ0v) is 10.5. The van der Waals surface area contributed by atoms with Crippen LogP contribution in [0.4, 0.5) is 0 Å². The molecule has 3 nitrogen and oxygen atoms in total. The number of imidazole rings is 1. The highest BCUT2D eigenvalue weighted by Crippen LogP contribution is 2.24. The molecule has 1 aromatic heterocycles. The molecule has 0 amide bonds. The van der Waals surface area contributed by atoms with E-state index in [2.05, 4.69) is 42.6 Å². The zero-order chi connectivity index (χ0) is 11.5. The minimum Gasteiger partial charge on any atom is -0.337 e. The summed E-state index contributed by atoms with van der Waals surface area (Å²) in [5.41, 5.74) is 1.61. The Hall–Kier alpha value is -0.830. The van der Waals surface area contributed by atoms with Gasteiger partial charge in [-0.15, -0.1) is 0 Å². The van der Waals surface area contributed by atoms with E-state index in [-0.39, 0.29) is 0 Å². The standard InChI is InChI=1S/C12H23N3/c1-10(12(2,3)4)6-13-7-11-8-14-9-15(11)5/h8-10,13H,6-7H2,1-5H3. The van der Waals surface area contributed by atoms with Gasteiger partial charge in [0.2, 0.25) is 0 Å². The van der Waals surface area contributed by atoms with Crippen LogP contribution in [0.5, 0.6) is 0 Å². The summed E-state index contributed by atoms with van der Waals surface area (Å²) in [4.78, 5) is 4.09. The molecule has 1 heterocycles. The summed E-state index contributed by atoms with van der Waals surface area (Å²) in [6.45, 7) is 11.1. The maximum absolute atomic E-state index is 4.09. The van der Waals surface area contributed by atoms with Gasteiger partial charge >= 0.3 is 0 Å². The third kappa shape index (κ3) is 3.67. The molecule has 1 aromatic rings. The van der Waals surface area contributed by atoms with Gasteiger partial charge in [0.25, 0.3) is 0 Å². The summed E-state index contributed by atoms with van der Waals surface area (Å²) < 4.78 is 2.05. The number of aryl methyl sites for hydroxylation is 1. The van der Waals surface area contributed by atoms with Crippen LogP contribution in [0.3, 0.4) is 0 Å². The Kier molecular flexibility index (Phi) is 3.91. The van der Waals surface area contributed by atoms with Crippen molar-refractivity contribution in [3.8, 4) is 0 Å². The van der Waals surface area contributed by atoms with Crippen molar-refractivity contribution in [3.05, 3.63) is 18.2 Å². The van der Waals surface area contributed by atoms with Crippen molar-refractivity contribution in [1.82, 2.24) is 14.9 Å². The Morgan fingerprint density at radius 1 is 1.47 bits per heavy atom. The monoisotopic (exact) mass is 209 g/mol. The number of aromatic nitrogens is 2. The van der Waals surface area contributed by atoms with Gasteiger partial charge in [-0.2, -0.15) is 0 Å². The molecule has 0 aliphatic carbocycles. The van der Waals surface area contributed by atoms with Crippen molar-refractivity contribution in [3.63, 3.8) is 0 Å². The maximum atomic E-state index is 4.09. The van der Waals surface area contributed by atoms with Gasteiger partial charge in [0, 0.05) is 19.8 Å². The summed E-state index contributed by atoms with van der Waals surface area (Å²) in [5.74, 6) is 0.672. The van der Waals surface area contributed by atoms with E-state index in [9.17, 15) is 0 Å². The molecule has 1 rings (SSSR count). The van der Waals surface area contributed by atoms with Crippen molar-refractivity contribution in [2.75, 3.05) is 6.54 Å². The van der Waals surface area contributed by atoms with E-state index in [4.69, 9.17) is 0 Å². The van der Waals surface area contributed by atoms with Gasteiger partial charge in [0.1, 0.15) is 0 Å². The first-order valence-electron chi connectivity index (χ1n) is 5.57. The molecule has 0 radical (unpaired) electrons. The molecule has 15 heavy (non-hydrogen) atoms. The van der Waals surface area contributed by atoms with Crippen molar-refractivity contribution in [1.29, 1.82) is 0 Å². The van der Waals surface area contributed by atoms with Gasteiger partial charge < -0.3 is 9.88 Å². The summed E-state index contributed by atoms with van der Waals surface area (Å²) in [6, 6.07) is 0. The van der Waals surface area contributed by atoms with E-state index < -0.39 is 0 Å². The summed E-state index contributed by atoms with van der Waals surface area (Å²) in [6.07, 6.45) is 3.75. The third-order valence-electron chi connectivity index (χ3n) is 3.15. The molecule has 1 unspecified atom stereocenters. The number of nitrogens with zero attached hydrogens (tertiary/aromatic N) is 2. The lowest BCUT2D eigenvalue weighted by Gasteiger charge is -2.27. The minimum atomic E-state index is 0.374. The largest absolute Gasteiger partial charge is 0.337 e. The topological polar surface area (TPSA) is 29.9 Å². The smallest absolute Gasteiger partial charge is 0.0945 e. The van der Waals surface area contributed by atoms with Crippen molar-refractivity contribution in [2.45, 2.75) is 34.2 Å². The highest BCUT2D eigenvalue weighted by Gasteiger charge is 2.19. The molecule has 0 saturated carbocycles. The molecule has 0 aromatic carbocycles. The molecule has 0 fully saturated rings. The Morgan fingerprint density at radius 2 is 2.13 bits per heavy atom. The van der Waals surface area contributed by atoms with Crippen molar-refractivity contribution in [2.24, 2.45) is 18.4 Å². The average molecular weight is 209 g/mol. The molecule has 0 aliphatic rings. The molecule has 1 N–H and O–H groups in total. The van der Waals surface area contributed by atoms with Crippen LogP contribution in [0, 0.1) is 11.3 Å². The van der Waals surface area contributed by atoms with E-state index >= 15 is 0 Å². The highest BCUT2D eigenvalue weighted by atomic mass is 15.0. The summed E-state index contributed by atoms with van der Waals surface area (Å²) in [5, 5.41) is 3.47. The Morgan fingerprint density at radius 3 is 2.60 bits per heavy atom. The fraction of sp³-hybridized carbons (Fsp3) is 0.750. The van der Waals surface area contributed by atoms with E-state index in [1.165, 1.54) is 5.69 Å². The lowest BCUT2D eigenvalue weighted by atomic mass is 9.82. The number of hydrogen-bond donors (Lipinski definition) is 1. The normalized spacial score (nSPS) is 14.2. The Labute approximate surface area is 92.9 Å². The highest BCUT2D eigenvalue weighted by molar-refractivity contribution is 4.96. The van der Waals surface area contributed by atoms with E-state index in [1.54, 1.807) is 0 Å². The van der Waals surface area contributed by atoms with Crippen LogP contribution in [0.15, 0.2) is 12.5 Å². The van der Waals surface area contributed by atoms with Gasteiger partial charge in [-0.1, -0.05) is 27.7 Å². The molecule has 0 bridgehead atoms. The number of nitrogens with one attached hydrogen (secondary N) is 1. The van der Waals surface area contributed by atoms with Crippen molar-refractivity contribution >= 4 is 0 Å². The quantitative estimate of drug-likeness (QED) is 0.824. The summed E-state index contributed by atoms with van der Waals surface area (Å²) in [7, 11) is 2.03. The van der Waals surface area contributed by atoms with E-state index in [0.717, 1.165) is 13.1 Å². The fourth-order valence-electron chi connectivity index (χ4n) is 1.28. The predicted molar refractivity (Wildman–Crippen MR) is 63.5 cm³/mol. The van der Waals surface area contributed by atoms with Crippen molar-refractivity contribution < 1.29 is 0 Å². The molecule has 86 valence electrons. The van der Waals surface area contributed by atoms with Crippen LogP contribution in [0.1, 0.15) is 33.4 Å². The van der Waals surface area contributed by atoms with Gasteiger partial charge in [-0.05, 0) is 17.9 Å². The summed E-state index contributed by atoms with van der Waals surface area (Å²) >= 11 is 0. The second kappa shape index (κ2) is 4.79. The average Bonchev–Trinajstić information content (AvgIpc) is 2.50. The van der Waals surface area contributed by atoms with Gasteiger partial charge in [0.05, 0.1) is 12.0 Å². The van der Waals surface area contributed by atoms with Gasteiger partial charge in [-0.25, -0.2) is 4.98 Å². The maximum Gasteiger partial charge on any atom is 0.0945 e. The number of rotatable bonds is 4. The van der Waals surface area contributed by atoms with Crippen LogP contribution in [-0.2, 0) is 13.6 Å². The predicted octanol–water partition coefficient (Wildman–Crippen LogP) is 2.19. The molecule has 1 atom stereocenters. The molecular weight excluding hydrogens is 186 g/mol. The molecule has 0 spiro atoms. The zero-order valence-electron chi connectivity index (χ0n) is 10.5. The lowest BCUT2D eigenvalue weighted by Crippen LogP contribution is -2.29. The van der Waals surface area contributed by atoms with Crippen LogP contribution >= 0.6 is 0 Å². The van der Waals surface area contributed by atoms with Crippen LogP contribution < -0.4 is 5.32 Å². The Bertz CT molecular complexity index is 296. The van der Waals surface area contributed by atoms with Gasteiger partial charge in [-0.3, -0.25) is 0 Å². The first-order valence-corrected chi connectivity index (χ1v) is 5.57.